The molecule has 0 unspecified atom stereocenters. The van der Waals surface area contributed by atoms with E-state index in [4.69, 9.17) is 36.6 Å². The van der Waals surface area contributed by atoms with Gasteiger partial charge in [-0.1, -0.05) is 18.2 Å². The van der Waals surface area contributed by atoms with Crippen LogP contribution in [0.3, 0.4) is 0 Å². The summed E-state index contributed by atoms with van der Waals surface area (Å²) < 4.78 is 19.0. The number of nitrogens with one attached hydrogen (secondary N) is 1. The molecule has 0 aliphatic carbocycles. The number of fused-ring (bicyclic) bond motifs is 2. The second-order valence-corrected chi connectivity index (χ2v) is 16.7. The van der Waals surface area contributed by atoms with Gasteiger partial charge in [-0.2, -0.15) is 10.2 Å². The number of aromatic nitrogens is 8. The number of aliphatic carboxylic acids is 1. The van der Waals surface area contributed by atoms with E-state index in [9.17, 15) is 33.9 Å². The Labute approximate surface area is 420 Å². The summed E-state index contributed by atoms with van der Waals surface area (Å²) in [6.07, 6.45) is 11.2. The lowest BCUT2D eigenvalue weighted by molar-refractivity contribution is -0.137. The molecule has 0 spiro atoms. The van der Waals surface area contributed by atoms with Crippen molar-refractivity contribution in [3.8, 4) is 11.5 Å². The summed E-state index contributed by atoms with van der Waals surface area (Å²) in [5.41, 5.74) is 21.6. The number of carbonyl (C=O) groups excluding carboxylic acids is 5. The number of carboxylic acid groups (broad SMARTS) is 1. The summed E-state index contributed by atoms with van der Waals surface area (Å²) in [4.78, 5) is 91.0. The Hall–Kier alpha value is -8.89. The number of aryl methyl sites for hydroxylation is 4. The molecular formula is C50H60N14O9. The fourth-order valence-corrected chi connectivity index (χ4v) is 7.89. The number of amides is 3. The number of Topliss-reactive ketones (excluding diaryl/α,β-unsaturated/α-hetero) is 1. The number of nitrogens with two attached hydrogens (primary N) is 3. The molecule has 0 radical (unpaired) electrons. The Morgan fingerprint density at radius 1 is 0.808 bits per heavy atom. The van der Waals surface area contributed by atoms with E-state index in [0.717, 1.165) is 6.29 Å². The van der Waals surface area contributed by atoms with E-state index in [1.54, 1.807) is 76.0 Å². The molecule has 23 nitrogen and oxygen atoms in total. The fraction of sp³-hybridized carbons (Fsp3) is 0.340. The van der Waals surface area contributed by atoms with Gasteiger partial charge < -0.3 is 50.6 Å². The number of rotatable bonds is 28. The van der Waals surface area contributed by atoms with E-state index in [1.807, 2.05) is 24.8 Å². The van der Waals surface area contributed by atoms with Crippen molar-refractivity contribution in [2.24, 2.45) is 22.2 Å². The van der Waals surface area contributed by atoms with Gasteiger partial charge in [0.1, 0.15) is 52.6 Å². The lowest BCUT2D eigenvalue weighted by atomic mass is 10.1. The SMILES string of the molecule is CCn1nc(C)cc1C(=O)Cc1nc2cc(C(N)=O)cc(OCCCC(=O)O)c2n1C/C=C/Cn1c(NC(=O)c2cc(C)nn2CC)nc2cc(C(N)=O)cc(OC/C=C/CN=C/C(=C\N)N(C)CCC=O)c21. The van der Waals surface area contributed by atoms with Gasteiger partial charge in [-0.3, -0.25) is 43.6 Å². The zero-order valence-electron chi connectivity index (χ0n) is 41.4. The van der Waals surface area contributed by atoms with Gasteiger partial charge in [-0.15, -0.1) is 0 Å². The van der Waals surface area contributed by atoms with E-state index in [2.05, 4.69) is 20.5 Å². The summed E-state index contributed by atoms with van der Waals surface area (Å²) in [6, 6.07) is 9.34. The number of ether oxygens (including phenoxy) is 2. The molecule has 73 heavy (non-hydrogen) atoms. The molecule has 0 atom stereocenters. The molecule has 0 saturated heterocycles. The molecule has 6 rings (SSSR count). The quantitative estimate of drug-likeness (QED) is 0.0152. The number of allylic oxidation sites excluding steroid dienone is 3. The van der Waals surface area contributed by atoms with Gasteiger partial charge in [0.05, 0.1) is 47.7 Å². The number of aldehydes is 1. The molecule has 0 bridgehead atoms. The number of ketones is 1. The maximum Gasteiger partial charge on any atom is 0.303 e. The summed E-state index contributed by atoms with van der Waals surface area (Å²) in [6.45, 7) is 9.17. The lowest BCUT2D eigenvalue weighted by Gasteiger charge is -2.17. The lowest BCUT2D eigenvalue weighted by Crippen LogP contribution is -2.21. The van der Waals surface area contributed by atoms with Crippen LogP contribution < -0.4 is 32.0 Å². The Balaban J connectivity index is 1.38. The molecule has 0 saturated carbocycles. The van der Waals surface area contributed by atoms with Gasteiger partial charge in [0.15, 0.2) is 5.78 Å². The normalized spacial score (nSPS) is 11.9. The standard InChI is InChI=1S/C50H60N14O9/c1-6-63-38(22-31(3)58-63)40(66)28-43-55-36-24-33(47(52)69)26-41(73-21-12-14-44(67)68)45(36)61(43)17-9-10-18-62-46-37(56-50(62)57-49(71)39-23-32(4)59-64(39)7-2)25-34(48(53)70)27-42(46)72-20-11-8-15-54-30-35(29-51)60(5)16-13-19-65/h8-11,19,22-27,29-30H,6-7,12-18,20-21,28,51H2,1-5H3,(H2,52,69)(H2,53,70)(H,67,68)(H,56,57,71)/b10-9+,11-8+,35-29+,54-30?. The van der Waals surface area contributed by atoms with Crippen LogP contribution in [0.1, 0.15) is 92.0 Å². The number of nitrogens with zero attached hydrogens (tertiary/aromatic N) is 10. The Bertz CT molecular complexity index is 3150. The highest BCUT2D eigenvalue weighted by Gasteiger charge is 2.24. The number of imidazole rings is 2. The molecule has 23 heteroatoms. The van der Waals surface area contributed by atoms with Crippen molar-refractivity contribution >= 4 is 70.0 Å². The van der Waals surface area contributed by atoms with Crippen molar-refractivity contribution in [3.05, 3.63) is 112 Å². The van der Waals surface area contributed by atoms with Crippen LogP contribution in [0.2, 0.25) is 0 Å². The van der Waals surface area contributed by atoms with Crippen molar-refractivity contribution in [2.75, 3.05) is 38.7 Å². The third-order valence-corrected chi connectivity index (χ3v) is 11.4. The smallest absolute Gasteiger partial charge is 0.303 e. The molecule has 2 aromatic carbocycles. The Morgan fingerprint density at radius 3 is 2.03 bits per heavy atom. The van der Waals surface area contributed by atoms with Gasteiger partial charge in [-0.25, -0.2) is 9.97 Å². The minimum atomic E-state index is -0.998. The summed E-state index contributed by atoms with van der Waals surface area (Å²) in [5, 5.41) is 21.1. The molecule has 4 aromatic heterocycles. The predicted octanol–water partition coefficient (Wildman–Crippen LogP) is 4.14. The van der Waals surface area contributed by atoms with Gasteiger partial charge in [0.2, 0.25) is 17.8 Å². The number of carbonyl (C=O) groups is 6. The van der Waals surface area contributed by atoms with Crippen molar-refractivity contribution in [1.82, 2.24) is 43.6 Å². The largest absolute Gasteiger partial charge is 0.491 e. The first-order chi connectivity index (χ1) is 35.1. The zero-order valence-corrected chi connectivity index (χ0v) is 41.4. The maximum absolute atomic E-state index is 14.0. The first-order valence-corrected chi connectivity index (χ1v) is 23.5. The summed E-state index contributed by atoms with van der Waals surface area (Å²) in [7, 11) is 1.80. The van der Waals surface area contributed by atoms with E-state index in [-0.39, 0.29) is 86.5 Å². The van der Waals surface area contributed by atoms with Gasteiger partial charge in [0, 0.05) is 76.2 Å². The Kier molecular flexibility index (Phi) is 18.2. The number of carboxylic acids is 1. The van der Waals surface area contributed by atoms with E-state index >= 15 is 0 Å². The fourth-order valence-electron chi connectivity index (χ4n) is 7.89. The predicted molar refractivity (Wildman–Crippen MR) is 273 cm³/mol. The summed E-state index contributed by atoms with van der Waals surface area (Å²) >= 11 is 0. The minimum absolute atomic E-state index is 0.00439. The molecule has 384 valence electrons. The monoisotopic (exact) mass is 1000 g/mol. The van der Waals surface area contributed by atoms with Gasteiger partial charge in [0.25, 0.3) is 5.91 Å². The molecule has 4 heterocycles. The molecule has 0 fully saturated rings. The number of anilines is 1. The van der Waals surface area contributed by atoms with Crippen LogP contribution in [0.5, 0.6) is 11.5 Å². The number of primary amides is 2. The molecular weight excluding hydrogens is 941 g/mol. The molecule has 8 N–H and O–H groups in total. The second kappa shape index (κ2) is 24.8. The van der Waals surface area contributed by atoms with Crippen LogP contribution in [0.4, 0.5) is 5.95 Å². The van der Waals surface area contributed by atoms with Crippen molar-refractivity contribution < 1.29 is 43.3 Å². The van der Waals surface area contributed by atoms with E-state index in [0.29, 0.717) is 82.4 Å². The average Bonchev–Trinajstić information content (AvgIpc) is 4.13. The number of hydrogen-bond donors (Lipinski definition) is 5. The Morgan fingerprint density at radius 2 is 1.41 bits per heavy atom. The highest BCUT2D eigenvalue weighted by molar-refractivity contribution is 6.04. The van der Waals surface area contributed by atoms with Crippen LogP contribution in [-0.4, -0.2) is 124 Å². The molecule has 0 aliphatic rings. The number of aliphatic imine (C=N–C) groups is 1. The van der Waals surface area contributed by atoms with Crippen LogP contribution in [-0.2, 0) is 42.2 Å². The molecule has 6 aromatic rings. The third kappa shape index (κ3) is 13.3. The minimum Gasteiger partial charge on any atom is -0.491 e. The third-order valence-electron chi connectivity index (χ3n) is 11.4. The van der Waals surface area contributed by atoms with Crippen LogP contribution >= 0.6 is 0 Å². The highest BCUT2D eigenvalue weighted by Crippen LogP contribution is 2.33. The van der Waals surface area contributed by atoms with Crippen LogP contribution in [0.25, 0.3) is 22.1 Å². The van der Waals surface area contributed by atoms with Gasteiger partial charge >= 0.3 is 5.97 Å². The van der Waals surface area contributed by atoms with Crippen LogP contribution in [0, 0.1) is 13.8 Å². The average molecular weight is 1000 g/mol. The zero-order chi connectivity index (χ0) is 52.8. The highest BCUT2D eigenvalue weighted by atomic mass is 16.5. The maximum atomic E-state index is 14.0. The van der Waals surface area contributed by atoms with E-state index in [1.165, 1.54) is 30.5 Å². The summed E-state index contributed by atoms with van der Waals surface area (Å²) in [5.74, 6) is -2.33. The van der Waals surface area contributed by atoms with Crippen molar-refractivity contribution in [2.45, 2.75) is 79.6 Å². The second-order valence-electron chi connectivity index (χ2n) is 16.7. The first kappa shape index (κ1) is 53.5. The van der Waals surface area contributed by atoms with Crippen molar-refractivity contribution in [1.29, 1.82) is 0 Å². The molecule has 0 aliphatic heterocycles. The van der Waals surface area contributed by atoms with Crippen LogP contribution in [0.15, 0.2) is 77.6 Å². The molecule has 3 amide bonds. The first-order valence-electron chi connectivity index (χ1n) is 23.5. The number of hydrogen-bond acceptors (Lipinski definition) is 15. The topological polar surface area (TPSA) is 318 Å². The van der Waals surface area contributed by atoms with Crippen molar-refractivity contribution in [3.63, 3.8) is 0 Å². The van der Waals surface area contributed by atoms with Gasteiger partial charge in [-0.05, 0) is 76.6 Å². The number of benzene rings is 2. The van der Waals surface area contributed by atoms with E-state index < -0.39 is 23.7 Å².